The largest absolute Gasteiger partial charge is 0.496 e. The first-order valence-electron chi connectivity index (χ1n) is 7.17. The number of ether oxygens (including phenoxy) is 1. The number of hydrogen-bond donors (Lipinski definition) is 1. The molecule has 4 heteroatoms. The van der Waals surface area contributed by atoms with Gasteiger partial charge in [0.05, 0.1) is 7.11 Å². The van der Waals surface area contributed by atoms with E-state index in [1.807, 2.05) is 30.5 Å². The molecule has 2 N–H and O–H groups in total. The SMILES string of the molecule is COc1ccc(CN)cc1CN(C)CCc1ccccn1. The third-order valence-corrected chi connectivity index (χ3v) is 3.50. The molecule has 0 spiro atoms. The molecule has 2 rings (SSSR count). The molecule has 1 aromatic heterocycles. The first kappa shape index (κ1) is 15.5. The Bertz CT molecular complexity index is 557. The minimum atomic E-state index is 0.550. The van der Waals surface area contributed by atoms with Crippen LogP contribution in [0.5, 0.6) is 5.75 Å². The molecule has 0 saturated heterocycles. The molecule has 0 aliphatic rings. The quantitative estimate of drug-likeness (QED) is 0.847. The Morgan fingerprint density at radius 2 is 2.10 bits per heavy atom. The minimum absolute atomic E-state index is 0.550. The Morgan fingerprint density at radius 3 is 2.76 bits per heavy atom. The Morgan fingerprint density at radius 1 is 1.24 bits per heavy atom. The topological polar surface area (TPSA) is 51.4 Å². The van der Waals surface area contributed by atoms with Crippen molar-refractivity contribution in [2.45, 2.75) is 19.5 Å². The Kier molecular flexibility index (Phi) is 5.72. The molecular formula is C17H23N3O. The summed E-state index contributed by atoms with van der Waals surface area (Å²) in [5.41, 5.74) is 9.13. The zero-order valence-electron chi connectivity index (χ0n) is 12.7. The van der Waals surface area contributed by atoms with E-state index < -0.39 is 0 Å². The molecule has 0 aliphatic heterocycles. The zero-order valence-corrected chi connectivity index (χ0v) is 12.7. The van der Waals surface area contributed by atoms with Crippen molar-refractivity contribution in [3.63, 3.8) is 0 Å². The lowest BCUT2D eigenvalue weighted by Crippen LogP contribution is -2.21. The molecule has 0 amide bonds. The molecule has 0 aliphatic carbocycles. The van der Waals surface area contributed by atoms with Gasteiger partial charge in [-0.05, 0) is 36.9 Å². The van der Waals surface area contributed by atoms with E-state index in [9.17, 15) is 0 Å². The highest BCUT2D eigenvalue weighted by Crippen LogP contribution is 2.21. The standard InChI is InChI=1S/C17H23N3O/c1-20(10-8-16-5-3-4-9-19-16)13-15-11-14(12-18)6-7-17(15)21-2/h3-7,9,11H,8,10,12-13,18H2,1-2H3. The maximum Gasteiger partial charge on any atom is 0.123 e. The average Bonchev–Trinajstić information content (AvgIpc) is 2.54. The second-order valence-electron chi connectivity index (χ2n) is 5.16. The number of aromatic nitrogens is 1. The van der Waals surface area contributed by atoms with E-state index >= 15 is 0 Å². The van der Waals surface area contributed by atoms with Crippen LogP contribution >= 0.6 is 0 Å². The molecule has 2 aromatic rings. The molecule has 112 valence electrons. The van der Waals surface area contributed by atoms with Gasteiger partial charge >= 0.3 is 0 Å². The van der Waals surface area contributed by atoms with E-state index in [4.69, 9.17) is 10.5 Å². The van der Waals surface area contributed by atoms with Crippen LogP contribution in [0.3, 0.4) is 0 Å². The number of pyridine rings is 1. The van der Waals surface area contributed by atoms with Crippen molar-refractivity contribution in [1.82, 2.24) is 9.88 Å². The van der Waals surface area contributed by atoms with Crippen LogP contribution in [-0.2, 0) is 19.5 Å². The summed E-state index contributed by atoms with van der Waals surface area (Å²) < 4.78 is 5.43. The average molecular weight is 285 g/mol. The van der Waals surface area contributed by atoms with Crippen molar-refractivity contribution in [3.05, 3.63) is 59.4 Å². The van der Waals surface area contributed by atoms with Gasteiger partial charge in [0.25, 0.3) is 0 Å². The van der Waals surface area contributed by atoms with E-state index in [1.165, 1.54) is 5.56 Å². The fraction of sp³-hybridized carbons (Fsp3) is 0.353. The van der Waals surface area contributed by atoms with E-state index in [0.717, 1.165) is 36.5 Å². The summed E-state index contributed by atoms with van der Waals surface area (Å²) in [6, 6.07) is 12.1. The summed E-state index contributed by atoms with van der Waals surface area (Å²) in [4.78, 5) is 6.62. The zero-order chi connectivity index (χ0) is 15.1. The summed E-state index contributed by atoms with van der Waals surface area (Å²) in [5.74, 6) is 0.914. The third kappa shape index (κ3) is 4.55. The first-order valence-corrected chi connectivity index (χ1v) is 7.17. The summed E-state index contributed by atoms with van der Waals surface area (Å²) >= 11 is 0. The lowest BCUT2D eigenvalue weighted by molar-refractivity contribution is 0.320. The first-order chi connectivity index (χ1) is 10.2. The molecule has 0 fully saturated rings. The van der Waals surface area contributed by atoms with Gasteiger partial charge < -0.3 is 15.4 Å². The van der Waals surface area contributed by atoms with Crippen LogP contribution in [0.2, 0.25) is 0 Å². The molecule has 0 unspecified atom stereocenters. The summed E-state index contributed by atoms with van der Waals surface area (Å²) in [7, 11) is 3.81. The smallest absolute Gasteiger partial charge is 0.123 e. The van der Waals surface area contributed by atoms with Crippen molar-refractivity contribution >= 4 is 0 Å². The minimum Gasteiger partial charge on any atom is -0.496 e. The van der Waals surface area contributed by atoms with Gasteiger partial charge in [0.1, 0.15) is 5.75 Å². The van der Waals surface area contributed by atoms with E-state index in [2.05, 4.69) is 29.1 Å². The number of hydrogen-bond acceptors (Lipinski definition) is 4. The maximum atomic E-state index is 5.71. The molecule has 0 radical (unpaired) electrons. The molecular weight excluding hydrogens is 262 g/mol. The van der Waals surface area contributed by atoms with Crippen LogP contribution in [0.15, 0.2) is 42.6 Å². The molecule has 4 nitrogen and oxygen atoms in total. The second kappa shape index (κ2) is 7.76. The maximum absolute atomic E-state index is 5.71. The number of methoxy groups -OCH3 is 1. The number of nitrogens with zero attached hydrogens (tertiary/aromatic N) is 2. The summed E-state index contributed by atoms with van der Waals surface area (Å²) in [6.45, 7) is 2.34. The second-order valence-corrected chi connectivity index (χ2v) is 5.16. The van der Waals surface area contributed by atoms with E-state index in [1.54, 1.807) is 7.11 Å². The van der Waals surface area contributed by atoms with Gasteiger partial charge in [-0.1, -0.05) is 12.1 Å². The number of benzene rings is 1. The molecule has 1 aromatic carbocycles. The van der Waals surface area contributed by atoms with Gasteiger partial charge in [0, 0.05) is 43.5 Å². The Labute approximate surface area is 126 Å². The summed E-state index contributed by atoms with van der Waals surface area (Å²) in [5, 5.41) is 0. The van der Waals surface area contributed by atoms with Crippen LogP contribution in [0.4, 0.5) is 0 Å². The van der Waals surface area contributed by atoms with Gasteiger partial charge in [-0.15, -0.1) is 0 Å². The third-order valence-electron chi connectivity index (χ3n) is 3.50. The Hall–Kier alpha value is -1.91. The van der Waals surface area contributed by atoms with Crippen LogP contribution in [0, 0.1) is 0 Å². The van der Waals surface area contributed by atoms with Crippen molar-refractivity contribution in [3.8, 4) is 5.75 Å². The van der Waals surface area contributed by atoms with Gasteiger partial charge in [0.2, 0.25) is 0 Å². The van der Waals surface area contributed by atoms with Crippen LogP contribution in [-0.4, -0.2) is 30.6 Å². The molecule has 21 heavy (non-hydrogen) atoms. The highest BCUT2D eigenvalue weighted by molar-refractivity contribution is 5.37. The Balaban J connectivity index is 1.97. The predicted octanol–water partition coefficient (Wildman–Crippen LogP) is 2.22. The van der Waals surface area contributed by atoms with Crippen LogP contribution in [0.25, 0.3) is 0 Å². The van der Waals surface area contributed by atoms with Gasteiger partial charge in [-0.2, -0.15) is 0 Å². The molecule has 0 atom stereocenters. The fourth-order valence-electron chi connectivity index (χ4n) is 2.30. The molecule has 0 bridgehead atoms. The number of rotatable bonds is 7. The lowest BCUT2D eigenvalue weighted by atomic mass is 10.1. The predicted molar refractivity (Wildman–Crippen MR) is 85.2 cm³/mol. The lowest BCUT2D eigenvalue weighted by Gasteiger charge is -2.19. The van der Waals surface area contributed by atoms with Gasteiger partial charge in [0.15, 0.2) is 0 Å². The summed E-state index contributed by atoms with van der Waals surface area (Å²) in [6.07, 6.45) is 2.78. The van der Waals surface area contributed by atoms with Crippen molar-refractivity contribution < 1.29 is 4.74 Å². The van der Waals surface area contributed by atoms with Gasteiger partial charge in [-0.3, -0.25) is 4.98 Å². The van der Waals surface area contributed by atoms with Crippen molar-refractivity contribution in [1.29, 1.82) is 0 Å². The van der Waals surface area contributed by atoms with Crippen molar-refractivity contribution in [2.24, 2.45) is 5.73 Å². The number of nitrogens with two attached hydrogens (primary N) is 1. The highest BCUT2D eigenvalue weighted by atomic mass is 16.5. The van der Waals surface area contributed by atoms with E-state index in [0.29, 0.717) is 6.54 Å². The number of likely N-dealkylation sites (N-methyl/N-ethyl adjacent to an activating group) is 1. The van der Waals surface area contributed by atoms with E-state index in [-0.39, 0.29) is 0 Å². The normalized spacial score (nSPS) is 10.9. The van der Waals surface area contributed by atoms with Crippen LogP contribution < -0.4 is 10.5 Å². The highest BCUT2D eigenvalue weighted by Gasteiger charge is 2.08. The fourth-order valence-corrected chi connectivity index (χ4v) is 2.30. The monoisotopic (exact) mass is 285 g/mol. The van der Waals surface area contributed by atoms with Crippen LogP contribution in [0.1, 0.15) is 16.8 Å². The molecule has 0 saturated carbocycles. The van der Waals surface area contributed by atoms with Gasteiger partial charge in [-0.25, -0.2) is 0 Å². The molecule has 1 heterocycles. The van der Waals surface area contributed by atoms with Crippen molar-refractivity contribution in [2.75, 3.05) is 20.7 Å².